The zero-order chi connectivity index (χ0) is 16.7. The lowest BCUT2D eigenvalue weighted by Crippen LogP contribution is -2.36. The number of aromatic nitrogens is 1. The molecular formula is C16H15Cl2N3O2S. The van der Waals surface area contributed by atoms with Gasteiger partial charge < -0.3 is 15.0 Å². The maximum atomic E-state index is 12.1. The summed E-state index contributed by atoms with van der Waals surface area (Å²) in [4.78, 5) is 20.0. The summed E-state index contributed by atoms with van der Waals surface area (Å²) in [5.41, 5.74) is 0.873. The molecule has 1 aromatic carbocycles. The van der Waals surface area contributed by atoms with Crippen LogP contribution < -0.4 is 10.2 Å². The average Bonchev–Trinajstić information content (AvgIpc) is 3.01. The van der Waals surface area contributed by atoms with Crippen LogP contribution in [-0.4, -0.2) is 37.2 Å². The molecule has 0 saturated carbocycles. The number of halogens is 2. The Labute approximate surface area is 153 Å². The Bertz CT molecular complexity index is 790. The standard InChI is InChI=1S/C16H15Cl2N3O2S/c17-11-3-1-2-9(13(11)18)10-8-12(22)19-15-14(10)24-16(20-15)21-4-6-23-7-5-21/h1-3,10H,4-8H2,(H,19,22). The number of morpholine rings is 1. The van der Waals surface area contributed by atoms with Crippen molar-refractivity contribution in [3.05, 3.63) is 38.7 Å². The highest BCUT2D eigenvalue weighted by Crippen LogP contribution is 2.45. The number of carbonyl (C=O) groups is 1. The van der Waals surface area contributed by atoms with Crippen LogP contribution >= 0.6 is 34.5 Å². The van der Waals surface area contributed by atoms with E-state index in [4.69, 9.17) is 27.9 Å². The molecule has 8 heteroatoms. The van der Waals surface area contributed by atoms with E-state index in [-0.39, 0.29) is 11.8 Å². The molecule has 2 aromatic rings. The second-order valence-corrected chi connectivity index (χ2v) is 7.55. The van der Waals surface area contributed by atoms with Crippen molar-refractivity contribution < 1.29 is 9.53 Å². The molecule has 1 saturated heterocycles. The van der Waals surface area contributed by atoms with Gasteiger partial charge in [-0.3, -0.25) is 4.79 Å². The first kappa shape index (κ1) is 16.1. The van der Waals surface area contributed by atoms with Crippen LogP contribution in [-0.2, 0) is 9.53 Å². The predicted molar refractivity (Wildman–Crippen MR) is 96.7 cm³/mol. The van der Waals surface area contributed by atoms with Crippen molar-refractivity contribution in [2.75, 3.05) is 36.5 Å². The maximum absolute atomic E-state index is 12.1. The highest BCUT2D eigenvalue weighted by molar-refractivity contribution is 7.16. The van der Waals surface area contributed by atoms with Gasteiger partial charge in [-0.25, -0.2) is 4.98 Å². The fourth-order valence-corrected chi connectivity index (χ4v) is 4.67. The van der Waals surface area contributed by atoms with Crippen LogP contribution in [0, 0.1) is 0 Å². The summed E-state index contributed by atoms with van der Waals surface area (Å²) in [6, 6.07) is 5.54. The summed E-state index contributed by atoms with van der Waals surface area (Å²) < 4.78 is 5.39. The van der Waals surface area contributed by atoms with Crippen LogP contribution in [0.1, 0.15) is 22.8 Å². The fourth-order valence-electron chi connectivity index (χ4n) is 3.04. The van der Waals surface area contributed by atoms with Gasteiger partial charge in [0.2, 0.25) is 5.91 Å². The van der Waals surface area contributed by atoms with E-state index in [0.717, 1.165) is 28.7 Å². The minimum absolute atomic E-state index is 0.0534. The van der Waals surface area contributed by atoms with Crippen molar-refractivity contribution in [3.63, 3.8) is 0 Å². The zero-order valence-corrected chi connectivity index (χ0v) is 15.0. The van der Waals surface area contributed by atoms with Gasteiger partial charge in [0.25, 0.3) is 0 Å². The first-order valence-corrected chi connectivity index (χ1v) is 9.28. The minimum Gasteiger partial charge on any atom is -0.378 e. The van der Waals surface area contributed by atoms with Crippen LogP contribution in [0.15, 0.2) is 18.2 Å². The molecule has 0 spiro atoms. The van der Waals surface area contributed by atoms with Crippen molar-refractivity contribution >= 4 is 51.4 Å². The molecule has 0 bridgehead atoms. The van der Waals surface area contributed by atoms with Gasteiger partial charge in [0, 0.05) is 25.4 Å². The maximum Gasteiger partial charge on any atom is 0.226 e. The second kappa shape index (κ2) is 6.52. The van der Waals surface area contributed by atoms with Gasteiger partial charge >= 0.3 is 0 Å². The molecule has 1 aromatic heterocycles. The first-order chi connectivity index (χ1) is 11.6. The number of rotatable bonds is 2. The monoisotopic (exact) mass is 383 g/mol. The highest BCUT2D eigenvalue weighted by Gasteiger charge is 2.33. The summed E-state index contributed by atoms with van der Waals surface area (Å²) in [7, 11) is 0. The number of anilines is 2. The van der Waals surface area contributed by atoms with E-state index in [2.05, 4.69) is 15.2 Å². The van der Waals surface area contributed by atoms with Gasteiger partial charge in [-0.1, -0.05) is 46.7 Å². The second-order valence-electron chi connectivity index (χ2n) is 5.76. The molecule has 2 aliphatic rings. The molecule has 0 aliphatic carbocycles. The number of fused-ring (bicyclic) bond motifs is 1. The number of amides is 1. The number of benzene rings is 1. The summed E-state index contributed by atoms with van der Waals surface area (Å²) in [5, 5.41) is 4.80. The Hall–Kier alpha value is -1.34. The van der Waals surface area contributed by atoms with Crippen molar-refractivity contribution in [1.29, 1.82) is 0 Å². The first-order valence-electron chi connectivity index (χ1n) is 7.70. The van der Waals surface area contributed by atoms with Gasteiger partial charge in [-0.05, 0) is 11.6 Å². The van der Waals surface area contributed by atoms with Gasteiger partial charge in [-0.15, -0.1) is 0 Å². The molecule has 3 heterocycles. The molecular weight excluding hydrogens is 369 g/mol. The van der Waals surface area contributed by atoms with E-state index in [0.29, 0.717) is 35.5 Å². The Morgan fingerprint density at radius 1 is 1.29 bits per heavy atom. The van der Waals surface area contributed by atoms with Crippen molar-refractivity contribution in [2.45, 2.75) is 12.3 Å². The largest absolute Gasteiger partial charge is 0.378 e. The number of hydrogen-bond acceptors (Lipinski definition) is 5. The van der Waals surface area contributed by atoms with E-state index in [9.17, 15) is 4.79 Å². The highest BCUT2D eigenvalue weighted by atomic mass is 35.5. The Morgan fingerprint density at radius 3 is 2.88 bits per heavy atom. The molecule has 0 radical (unpaired) electrons. The SMILES string of the molecule is O=C1CC(c2cccc(Cl)c2Cl)c2sc(N3CCOCC3)nc2N1. The lowest BCUT2D eigenvalue weighted by atomic mass is 9.91. The molecule has 1 fully saturated rings. The Morgan fingerprint density at radius 2 is 2.08 bits per heavy atom. The van der Waals surface area contributed by atoms with Crippen molar-refractivity contribution in [1.82, 2.24) is 4.98 Å². The Balaban J connectivity index is 1.74. The van der Waals surface area contributed by atoms with Gasteiger partial charge in [0.05, 0.1) is 28.1 Å². The zero-order valence-electron chi connectivity index (χ0n) is 12.7. The van der Waals surface area contributed by atoms with Crippen LogP contribution in [0.5, 0.6) is 0 Å². The van der Waals surface area contributed by atoms with Gasteiger partial charge in [-0.2, -0.15) is 0 Å². The molecule has 5 nitrogen and oxygen atoms in total. The molecule has 4 rings (SSSR count). The van der Waals surface area contributed by atoms with Crippen LogP contribution in [0.4, 0.5) is 10.9 Å². The fraction of sp³-hybridized carbons (Fsp3) is 0.375. The third kappa shape index (κ3) is 2.88. The summed E-state index contributed by atoms with van der Waals surface area (Å²) in [6.45, 7) is 3.01. The number of carbonyl (C=O) groups excluding carboxylic acids is 1. The van der Waals surface area contributed by atoms with Crippen LogP contribution in [0.3, 0.4) is 0 Å². The average molecular weight is 384 g/mol. The summed E-state index contributed by atoms with van der Waals surface area (Å²) in [6.07, 6.45) is 0.345. The lowest BCUT2D eigenvalue weighted by molar-refractivity contribution is -0.116. The predicted octanol–water partition coefficient (Wildman–Crippen LogP) is 3.76. The van der Waals surface area contributed by atoms with Crippen LogP contribution in [0.25, 0.3) is 0 Å². The number of ether oxygens (including phenoxy) is 1. The molecule has 1 amide bonds. The number of hydrogen-bond donors (Lipinski definition) is 1. The molecule has 1 atom stereocenters. The number of nitrogens with one attached hydrogen (secondary N) is 1. The lowest BCUT2D eigenvalue weighted by Gasteiger charge is -2.26. The topological polar surface area (TPSA) is 54.5 Å². The molecule has 2 aliphatic heterocycles. The third-order valence-electron chi connectivity index (χ3n) is 4.24. The molecule has 1 N–H and O–H groups in total. The van der Waals surface area contributed by atoms with E-state index in [1.807, 2.05) is 12.1 Å². The third-order valence-corrected chi connectivity index (χ3v) is 6.31. The van der Waals surface area contributed by atoms with Crippen molar-refractivity contribution in [2.24, 2.45) is 0 Å². The van der Waals surface area contributed by atoms with Crippen molar-refractivity contribution in [3.8, 4) is 0 Å². The summed E-state index contributed by atoms with van der Waals surface area (Å²) in [5.74, 6) is 0.466. The van der Waals surface area contributed by atoms with Gasteiger partial charge in [0.1, 0.15) is 5.82 Å². The minimum atomic E-state index is -0.118. The van der Waals surface area contributed by atoms with E-state index in [1.165, 1.54) is 0 Å². The molecule has 24 heavy (non-hydrogen) atoms. The quantitative estimate of drug-likeness (QED) is 0.857. The van der Waals surface area contributed by atoms with E-state index >= 15 is 0 Å². The van der Waals surface area contributed by atoms with E-state index < -0.39 is 0 Å². The van der Waals surface area contributed by atoms with Crippen LogP contribution in [0.2, 0.25) is 10.0 Å². The number of thiazole rings is 1. The Kier molecular flexibility index (Phi) is 4.39. The molecule has 1 unspecified atom stereocenters. The van der Waals surface area contributed by atoms with Gasteiger partial charge in [0.15, 0.2) is 5.13 Å². The number of nitrogens with zero attached hydrogens (tertiary/aromatic N) is 2. The molecule has 126 valence electrons. The summed E-state index contributed by atoms with van der Waals surface area (Å²) >= 11 is 14.2. The van der Waals surface area contributed by atoms with E-state index in [1.54, 1.807) is 17.4 Å². The normalized spacial score (nSPS) is 20.7. The smallest absolute Gasteiger partial charge is 0.226 e.